The molecule has 0 aromatic heterocycles. The van der Waals surface area contributed by atoms with Gasteiger partial charge in [0.1, 0.15) is 5.57 Å². The van der Waals surface area contributed by atoms with E-state index in [1.807, 2.05) is 45.9 Å². The Labute approximate surface area is 246 Å². The Balaban J connectivity index is 1.58. The van der Waals surface area contributed by atoms with Gasteiger partial charge in [-0.2, -0.15) is 0 Å². The number of nitrogens with one attached hydrogen (secondary N) is 2. The number of urea groups is 1. The Morgan fingerprint density at radius 2 is 1.61 bits per heavy atom. The molecule has 2 N–H and O–H groups in total. The summed E-state index contributed by atoms with van der Waals surface area (Å²) < 4.78 is 12.0. The van der Waals surface area contributed by atoms with E-state index in [1.54, 1.807) is 37.3 Å². The molecule has 41 heavy (non-hydrogen) atoms. The van der Waals surface area contributed by atoms with Crippen molar-refractivity contribution in [3.05, 3.63) is 86.4 Å². The molecule has 10 heteroatoms. The summed E-state index contributed by atoms with van der Waals surface area (Å²) in [5.41, 5.74) is 5.32. The SMILES string of the molecule is CCOc1cc(/C=C2/C(=O)NC(=O)N(c3ccc(C)c(C)c3)C2=O)cc(Br)c1OCC(=O)Nc1ccc(C)c(C)c1. The van der Waals surface area contributed by atoms with E-state index in [0.29, 0.717) is 33.8 Å². The number of carbonyl (C=O) groups excluding carboxylic acids is 4. The summed E-state index contributed by atoms with van der Waals surface area (Å²) in [6.45, 7) is 9.56. The maximum atomic E-state index is 13.3. The molecule has 0 spiro atoms. The predicted octanol–water partition coefficient (Wildman–Crippen LogP) is 5.77. The molecule has 0 radical (unpaired) electrons. The summed E-state index contributed by atoms with van der Waals surface area (Å²) in [5, 5.41) is 5.04. The molecule has 4 rings (SSSR count). The molecule has 1 heterocycles. The molecule has 0 unspecified atom stereocenters. The van der Waals surface area contributed by atoms with Gasteiger partial charge in [0.05, 0.1) is 16.8 Å². The highest BCUT2D eigenvalue weighted by Crippen LogP contribution is 2.38. The largest absolute Gasteiger partial charge is 0.490 e. The number of ether oxygens (including phenoxy) is 2. The van der Waals surface area contributed by atoms with Gasteiger partial charge in [0, 0.05) is 5.69 Å². The van der Waals surface area contributed by atoms with Crippen molar-refractivity contribution in [2.24, 2.45) is 0 Å². The highest BCUT2D eigenvalue weighted by molar-refractivity contribution is 9.10. The highest BCUT2D eigenvalue weighted by atomic mass is 79.9. The zero-order chi connectivity index (χ0) is 29.8. The first-order valence-corrected chi connectivity index (χ1v) is 13.7. The number of hydrogen-bond donors (Lipinski definition) is 2. The van der Waals surface area contributed by atoms with Crippen LogP contribution in [0.2, 0.25) is 0 Å². The van der Waals surface area contributed by atoms with Crippen LogP contribution in [0.15, 0.2) is 58.6 Å². The molecule has 9 nitrogen and oxygen atoms in total. The van der Waals surface area contributed by atoms with Gasteiger partial charge in [0.15, 0.2) is 18.1 Å². The number of benzene rings is 3. The molecule has 1 fully saturated rings. The van der Waals surface area contributed by atoms with E-state index in [4.69, 9.17) is 9.47 Å². The minimum Gasteiger partial charge on any atom is -0.490 e. The number of carbonyl (C=O) groups is 4. The first-order valence-electron chi connectivity index (χ1n) is 12.9. The molecule has 1 aliphatic heterocycles. The van der Waals surface area contributed by atoms with Gasteiger partial charge in [-0.3, -0.25) is 19.7 Å². The molecule has 3 aromatic carbocycles. The average molecular weight is 621 g/mol. The Hall–Kier alpha value is -4.44. The number of imide groups is 2. The van der Waals surface area contributed by atoms with Gasteiger partial charge in [-0.05, 0) is 121 Å². The topological polar surface area (TPSA) is 114 Å². The van der Waals surface area contributed by atoms with E-state index in [2.05, 4.69) is 26.6 Å². The van der Waals surface area contributed by atoms with Crippen LogP contribution in [0.25, 0.3) is 6.08 Å². The zero-order valence-corrected chi connectivity index (χ0v) is 25.0. The Kier molecular flexibility index (Phi) is 8.92. The summed E-state index contributed by atoms with van der Waals surface area (Å²) in [6, 6.07) is 13.2. The summed E-state index contributed by atoms with van der Waals surface area (Å²) in [4.78, 5) is 52.1. The van der Waals surface area contributed by atoms with Crippen molar-refractivity contribution >= 4 is 57.1 Å². The molecule has 0 saturated carbocycles. The fourth-order valence-electron chi connectivity index (χ4n) is 4.15. The second kappa shape index (κ2) is 12.4. The Bertz CT molecular complexity index is 1600. The van der Waals surface area contributed by atoms with E-state index in [1.165, 1.54) is 6.08 Å². The summed E-state index contributed by atoms with van der Waals surface area (Å²) in [5.74, 6) is -1.32. The van der Waals surface area contributed by atoms with Gasteiger partial charge in [-0.25, -0.2) is 9.69 Å². The first-order chi connectivity index (χ1) is 19.5. The number of anilines is 2. The third-order valence-electron chi connectivity index (χ3n) is 6.63. The molecule has 1 saturated heterocycles. The molecule has 3 aromatic rings. The normalized spacial score (nSPS) is 14.2. The second-order valence-corrected chi connectivity index (χ2v) is 10.5. The van der Waals surface area contributed by atoms with Crippen LogP contribution in [0.3, 0.4) is 0 Å². The van der Waals surface area contributed by atoms with Gasteiger partial charge >= 0.3 is 6.03 Å². The standard InChI is InChI=1S/C31H30BrN3O6/c1-6-40-26-15-21(14-25(32)28(26)41-16-27(36)33-22-9-7-17(2)19(4)11-22)13-24-29(37)34-31(39)35(30(24)38)23-10-8-18(3)20(5)12-23/h7-15H,6,16H2,1-5H3,(H,33,36)(H,34,37,39)/b24-13-. The number of aryl methyl sites for hydroxylation is 4. The van der Waals surface area contributed by atoms with Crippen LogP contribution in [0.4, 0.5) is 16.2 Å². The lowest BCUT2D eigenvalue weighted by molar-refractivity contribution is -0.122. The number of barbiturate groups is 1. The van der Waals surface area contributed by atoms with Crippen LogP contribution < -0.4 is 25.0 Å². The van der Waals surface area contributed by atoms with Crippen LogP contribution in [0.5, 0.6) is 11.5 Å². The molecule has 0 aliphatic carbocycles. The maximum absolute atomic E-state index is 13.3. The molecule has 212 valence electrons. The maximum Gasteiger partial charge on any atom is 0.335 e. The van der Waals surface area contributed by atoms with Crippen molar-refractivity contribution in [1.82, 2.24) is 5.32 Å². The number of amides is 5. The summed E-state index contributed by atoms with van der Waals surface area (Å²) >= 11 is 3.45. The predicted molar refractivity (Wildman–Crippen MR) is 160 cm³/mol. The van der Waals surface area contributed by atoms with Crippen molar-refractivity contribution in [1.29, 1.82) is 0 Å². The van der Waals surface area contributed by atoms with Crippen molar-refractivity contribution in [3.63, 3.8) is 0 Å². The molecule has 1 aliphatic rings. The van der Waals surface area contributed by atoms with E-state index in [0.717, 1.165) is 27.2 Å². The van der Waals surface area contributed by atoms with E-state index in [9.17, 15) is 19.2 Å². The van der Waals surface area contributed by atoms with Gasteiger partial charge in [-0.15, -0.1) is 0 Å². The van der Waals surface area contributed by atoms with Gasteiger partial charge < -0.3 is 14.8 Å². The van der Waals surface area contributed by atoms with Crippen LogP contribution in [-0.4, -0.2) is 37.0 Å². The molecule has 5 amide bonds. The smallest absolute Gasteiger partial charge is 0.335 e. The number of rotatable bonds is 8. The fourth-order valence-corrected chi connectivity index (χ4v) is 4.73. The van der Waals surface area contributed by atoms with Crippen molar-refractivity contribution in [2.45, 2.75) is 34.6 Å². The van der Waals surface area contributed by atoms with Crippen LogP contribution in [0, 0.1) is 27.7 Å². The van der Waals surface area contributed by atoms with Gasteiger partial charge in [0.2, 0.25) is 0 Å². The van der Waals surface area contributed by atoms with Crippen LogP contribution >= 0.6 is 15.9 Å². The molecular weight excluding hydrogens is 590 g/mol. The van der Waals surface area contributed by atoms with Crippen molar-refractivity contribution < 1.29 is 28.7 Å². The minimum atomic E-state index is -0.820. The molecule has 0 atom stereocenters. The lowest BCUT2D eigenvalue weighted by Crippen LogP contribution is -2.54. The second-order valence-electron chi connectivity index (χ2n) is 9.63. The summed E-state index contributed by atoms with van der Waals surface area (Å²) in [6.07, 6.45) is 1.38. The van der Waals surface area contributed by atoms with Crippen molar-refractivity contribution in [3.8, 4) is 11.5 Å². The quantitative estimate of drug-likeness (QED) is 0.244. The van der Waals surface area contributed by atoms with E-state index < -0.39 is 17.8 Å². The minimum absolute atomic E-state index is 0.224. The monoisotopic (exact) mass is 619 g/mol. The molecule has 0 bridgehead atoms. The zero-order valence-electron chi connectivity index (χ0n) is 23.4. The lowest BCUT2D eigenvalue weighted by Gasteiger charge is -2.27. The van der Waals surface area contributed by atoms with Crippen molar-refractivity contribution in [2.75, 3.05) is 23.4 Å². The third-order valence-corrected chi connectivity index (χ3v) is 7.22. The number of hydrogen-bond acceptors (Lipinski definition) is 6. The van der Waals surface area contributed by atoms with Gasteiger partial charge in [0.25, 0.3) is 17.7 Å². The highest BCUT2D eigenvalue weighted by Gasteiger charge is 2.37. The Morgan fingerprint density at radius 1 is 0.927 bits per heavy atom. The summed E-state index contributed by atoms with van der Waals surface area (Å²) in [7, 11) is 0. The third kappa shape index (κ3) is 6.66. The first kappa shape index (κ1) is 29.5. The average Bonchev–Trinajstić information content (AvgIpc) is 2.90. The number of halogens is 1. The number of nitrogens with zero attached hydrogens (tertiary/aromatic N) is 1. The fraction of sp³-hybridized carbons (Fsp3) is 0.226. The van der Waals surface area contributed by atoms with Gasteiger partial charge in [-0.1, -0.05) is 12.1 Å². The van der Waals surface area contributed by atoms with Crippen LogP contribution in [-0.2, 0) is 14.4 Å². The molecular formula is C31H30BrN3O6. The lowest BCUT2D eigenvalue weighted by atomic mass is 10.0. The van der Waals surface area contributed by atoms with E-state index >= 15 is 0 Å². The van der Waals surface area contributed by atoms with Crippen LogP contribution in [0.1, 0.15) is 34.7 Å². The Morgan fingerprint density at radius 3 is 2.27 bits per heavy atom. The van der Waals surface area contributed by atoms with E-state index in [-0.39, 0.29) is 23.8 Å².